The second-order valence-electron chi connectivity index (χ2n) is 5.76. The SMILES string of the molecule is CCC(N)(CC)COC(C)C(=O)NC(C)(C)C. The average molecular weight is 244 g/mol. The second kappa shape index (κ2) is 6.36. The fourth-order valence-corrected chi connectivity index (χ4v) is 1.29. The fourth-order valence-electron chi connectivity index (χ4n) is 1.29. The van der Waals surface area contributed by atoms with Gasteiger partial charge in [-0.15, -0.1) is 0 Å². The number of ether oxygens (including phenoxy) is 1. The van der Waals surface area contributed by atoms with Crippen molar-refractivity contribution in [3.05, 3.63) is 0 Å². The Balaban J connectivity index is 4.18. The molecule has 0 radical (unpaired) electrons. The zero-order valence-corrected chi connectivity index (χ0v) is 12.1. The molecule has 0 aromatic heterocycles. The maximum Gasteiger partial charge on any atom is 0.249 e. The predicted octanol–water partition coefficient (Wildman–Crippen LogP) is 1.82. The molecular weight excluding hydrogens is 216 g/mol. The van der Waals surface area contributed by atoms with E-state index in [0.29, 0.717) is 6.61 Å². The van der Waals surface area contributed by atoms with Gasteiger partial charge in [-0.1, -0.05) is 13.8 Å². The van der Waals surface area contributed by atoms with E-state index < -0.39 is 6.10 Å². The van der Waals surface area contributed by atoms with Crippen LogP contribution in [0, 0.1) is 0 Å². The zero-order valence-electron chi connectivity index (χ0n) is 12.1. The first-order valence-corrected chi connectivity index (χ1v) is 6.36. The zero-order chi connectivity index (χ0) is 13.7. The number of hydrogen-bond donors (Lipinski definition) is 2. The minimum atomic E-state index is -0.463. The molecule has 0 fully saturated rings. The quantitative estimate of drug-likeness (QED) is 0.749. The van der Waals surface area contributed by atoms with Crippen LogP contribution < -0.4 is 11.1 Å². The van der Waals surface area contributed by atoms with Gasteiger partial charge in [0.1, 0.15) is 6.10 Å². The van der Waals surface area contributed by atoms with Crippen LogP contribution in [0.15, 0.2) is 0 Å². The van der Waals surface area contributed by atoms with Crippen molar-refractivity contribution in [3.8, 4) is 0 Å². The molecule has 4 heteroatoms. The normalized spacial score (nSPS) is 14.5. The van der Waals surface area contributed by atoms with Crippen molar-refractivity contribution < 1.29 is 9.53 Å². The first-order valence-electron chi connectivity index (χ1n) is 6.36. The summed E-state index contributed by atoms with van der Waals surface area (Å²) in [6, 6.07) is 0. The van der Waals surface area contributed by atoms with E-state index >= 15 is 0 Å². The summed E-state index contributed by atoms with van der Waals surface area (Å²) in [6.45, 7) is 12.1. The van der Waals surface area contributed by atoms with Crippen LogP contribution in [-0.4, -0.2) is 29.7 Å². The van der Waals surface area contributed by atoms with E-state index in [1.807, 2.05) is 34.6 Å². The highest BCUT2D eigenvalue weighted by Crippen LogP contribution is 2.13. The lowest BCUT2D eigenvalue weighted by Gasteiger charge is -2.29. The summed E-state index contributed by atoms with van der Waals surface area (Å²) in [4.78, 5) is 11.8. The summed E-state index contributed by atoms with van der Waals surface area (Å²) >= 11 is 0. The first-order chi connectivity index (χ1) is 7.63. The van der Waals surface area contributed by atoms with Gasteiger partial charge in [0.15, 0.2) is 0 Å². The lowest BCUT2D eigenvalue weighted by molar-refractivity contribution is -0.134. The van der Waals surface area contributed by atoms with Crippen LogP contribution in [-0.2, 0) is 9.53 Å². The molecule has 0 heterocycles. The summed E-state index contributed by atoms with van der Waals surface area (Å²) in [5, 5.41) is 2.89. The van der Waals surface area contributed by atoms with Crippen LogP contribution in [0.4, 0.5) is 0 Å². The van der Waals surface area contributed by atoms with Gasteiger partial charge >= 0.3 is 0 Å². The van der Waals surface area contributed by atoms with Gasteiger partial charge in [-0.05, 0) is 40.5 Å². The highest BCUT2D eigenvalue weighted by Gasteiger charge is 2.25. The molecular formula is C13H28N2O2. The van der Waals surface area contributed by atoms with Crippen LogP contribution in [0.2, 0.25) is 0 Å². The molecule has 0 aliphatic carbocycles. The molecule has 4 nitrogen and oxygen atoms in total. The van der Waals surface area contributed by atoms with E-state index in [4.69, 9.17) is 10.5 Å². The van der Waals surface area contributed by atoms with Crippen molar-refractivity contribution in [1.29, 1.82) is 0 Å². The molecule has 0 saturated heterocycles. The summed E-state index contributed by atoms with van der Waals surface area (Å²) in [5.41, 5.74) is 5.56. The third kappa shape index (κ3) is 6.64. The lowest BCUT2D eigenvalue weighted by Crippen LogP contribution is -2.49. The molecule has 0 rings (SSSR count). The van der Waals surface area contributed by atoms with Crippen molar-refractivity contribution in [2.75, 3.05) is 6.61 Å². The number of amides is 1. The van der Waals surface area contributed by atoms with Gasteiger partial charge in [0, 0.05) is 11.1 Å². The molecule has 1 unspecified atom stereocenters. The number of hydrogen-bond acceptors (Lipinski definition) is 3. The molecule has 0 saturated carbocycles. The molecule has 1 amide bonds. The summed E-state index contributed by atoms with van der Waals surface area (Å²) in [5.74, 6) is -0.0907. The van der Waals surface area contributed by atoms with Gasteiger partial charge in [-0.25, -0.2) is 0 Å². The molecule has 0 spiro atoms. The Morgan fingerprint density at radius 2 is 1.76 bits per heavy atom. The summed E-state index contributed by atoms with van der Waals surface area (Å²) < 4.78 is 5.56. The summed E-state index contributed by atoms with van der Waals surface area (Å²) in [6.07, 6.45) is 1.23. The van der Waals surface area contributed by atoms with Crippen LogP contribution in [0.25, 0.3) is 0 Å². The molecule has 0 aliphatic rings. The van der Waals surface area contributed by atoms with Crippen molar-refractivity contribution in [2.24, 2.45) is 5.73 Å². The van der Waals surface area contributed by atoms with E-state index in [-0.39, 0.29) is 17.0 Å². The second-order valence-corrected chi connectivity index (χ2v) is 5.76. The third-order valence-electron chi connectivity index (χ3n) is 2.90. The average Bonchev–Trinajstić information content (AvgIpc) is 2.23. The standard InChI is InChI=1S/C13H28N2O2/c1-7-13(14,8-2)9-17-10(3)11(16)15-12(4,5)6/h10H,7-9,14H2,1-6H3,(H,15,16). The van der Waals surface area contributed by atoms with E-state index in [1.165, 1.54) is 0 Å². The van der Waals surface area contributed by atoms with Gasteiger partial charge in [0.25, 0.3) is 0 Å². The highest BCUT2D eigenvalue weighted by atomic mass is 16.5. The lowest BCUT2D eigenvalue weighted by atomic mass is 9.95. The van der Waals surface area contributed by atoms with Crippen molar-refractivity contribution in [2.45, 2.75) is 71.6 Å². The van der Waals surface area contributed by atoms with E-state index in [2.05, 4.69) is 5.32 Å². The van der Waals surface area contributed by atoms with Gasteiger partial charge in [0.2, 0.25) is 5.91 Å². The monoisotopic (exact) mass is 244 g/mol. The third-order valence-corrected chi connectivity index (χ3v) is 2.90. The van der Waals surface area contributed by atoms with Gasteiger partial charge < -0.3 is 15.8 Å². The van der Waals surface area contributed by atoms with E-state index in [1.54, 1.807) is 6.92 Å². The highest BCUT2D eigenvalue weighted by molar-refractivity contribution is 5.80. The maximum atomic E-state index is 11.8. The topological polar surface area (TPSA) is 64.3 Å². The molecule has 3 N–H and O–H groups in total. The Kier molecular flexibility index (Phi) is 6.13. The van der Waals surface area contributed by atoms with Crippen LogP contribution in [0.5, 0.6) is 0 Å². The van der Waals surface area contributed by atoms with Gasteiger partial charge in [-0.2, -0.15) is 0 Å². The molecule has 0 bridgehead atoms. The maximum absolute atomic E-state index is 11.8. The Morgan fingerprint density at radius 3 is 2.12 bits per heavy atom. The predicted molar refractivity (Wildman–Crippen MR) is 70.8 cm³/mol. The minimum absolute atomic E-state index is 0.0907. The number of rotatable bonds is 6. The van der Waals surface area contributed by atoms with Crippen LogP contribution in [0.1, 0.15) is 54.4 Å². The molecule has 0 aromatic carbocycles. The largest absolute Gasteiger partial charge is 0.367 e. The minimum Gasteiger partial charge on any atom is -0.367 e. The van der Waals surface area contributed by atoms with Crippen molar-refractivity contribution in [3.63, 3.8) is 0 Å². The number of carbonyl (C=O) groups excluding carboxylic acids is 1. The van der Waals surface area contributed by atoms with Gasteiger partial charge in [0.05, 0.1) is 6.61 Å². The van der Waals surface area contributed by atoms with Crippen LogP contribution in [0.3, 0.4) is 0 Å². The number of nitrogens with two attached hydrogens (primary N) is 1. The Bertz CT molecular complexity index is 242. The fraction of sp³-hybridized carbons (Fsp3) is 0.923. The Hall–Kier alpha value is -0.610. The van der Waals surface area contributed by atoms with Crippen molar-refractivity contribution >= 4 is 5.91 Å². The molecule has 1 atom stereocenters. The first kappa shape index (κ1) is 16.4. The van der Waals surface area contributed by atoms with Crippen molar-refractivity contribution in [1.82, 2.24) is 5.32 Å². The smallest absolute Gasteiger partial charge is 0.249 e. The Morgan fingerprint density at radius 1 is 1.29 bits per heavy atom. The van der Waals surface area contributed by atoms with Gasteiger partial charge in [-0.3, -0.25) is 4.79 Å². The molecule has 102 valence electrons. The van der Waals surface area contributed by atoms with E-state index in [9.17, 15) is 4.79 Å². The molecule has 17 heavy (non-hydrogen) atoms. The van der Waals surface area contributed by atoms with Crippen LogP contribution >= 0.6 is 0 Å². The Labute approximate surface area is 105 Å². The number of nitrogens with one attached hydrogen (secondary N) is 1. The summed E-state index contributed by atoms with van der Waals surface area (Å²) in [7, 11) is 0. The molecule has 0 aliphatic heterocycles. The van der Waals surface area contributed by atoms with E-state index in [0.717, 1.165) is 12.8 Å². The number of carbonyl (C=O) groups is 1. The molecule has 0 aromatic rings.